The first-order valence-corrected chi connectivity index (χ1v) is 5.72. The highest BCUT2D eigenvalue weighted by Gasteiger charge is 2.11. The summed E-state index contributed by atoms with van der Waals surface area (Å²) in [5.41, 5.74) is 0.602. The number of carbonyl (C=O) groups excluding carboxylic acids is 1. The van der Waals surface area contributed by atoms with Gasteiger partial charge in [0.25, 0.3) is 11.1 Å². The van der Waals surface area contributed by atoms with E-state index in [1.165, 1.54) is 7.11 Å². The minimum Gasteiger partial charge on any atom is -0.468 e. The van der Waals surface area contributed by atoms with Crippen LogP contribution in [0.15, 0.2) is 34.0 Å². The normalized spacial score (nSPS) is 10.2. The van der Waals surface area contributed by atoms with E-state index in [2.05, 4.69) is 19.9 Å². The molecule has 2 heterocycles. The van der Waals surface area contributed by atoms with Crippen LogP contribution >= 0.6 is 11.8 Å². The molecule has 0 aromatic carbocycles. The van der Waals surface area contributed by atoms with Crippen molar-refractivity contribution in [1.29, 1.82) is 0 Å². The van der Waals surface area contributed by atoms with Crippen LogP contribution in [0.5, 0.6) is 0 Å². The highest BCUT2D eigenvalue weighted by Crippen LogP contribution is 2.21. The lowest BCUT2D eigenvalue weighted by Gasteiger charge is -1.94. The summed E-state index contributed by atoms with van der Waals surface area (Å²) < 4.78 is 9.84. The van der Waals surface area contributed by atoms with Gasteiger partial charge >= 0.3 is 5.97 Å². The van der Waals surface area contributed by atoms with Gasteiger partial charge in [0.2, 0.25) is 0 Å². The van der Waals surface area contributed by atoms with Gasteiger partial charge in [-0.25, -0.2) is 0 Å². The van der Waals surface area contributed by atoms with Gasteiger partial charge in [0, 0.05) is 6.20 Å². The Bertz CT molecular complexity index is 501. The number of methoxy groups -OCH3 is 1. The molecule has 17 heavy (non-hydrogen) atoms. The van der Waals surface area contributed by atoms with Crippen molar-refractivity contribution in [3.8, 4) is 11.6 Å². The zero-order chi connectivity index (χ0) is 12.1. The average molecular weight is 251 g/mol. The third-order valence-corrected chi connectivity index (χ3v) is 2.62. The minimum absolute atomic E-state index is 0.139. The lowest BCUT2D eigenvalue weighted by Crippen LogP contribution is -2.02. The number of esters is 1. The Kier molecular flexibility index (Phi) is 3.71. The molecule has 0 fully saturated rings. The molecular weight excluding hydrogens is 242 g/mol. The smallest absolute Gasteiger partial charge is 0.316 e. The van der Waals surface area contributed by atoms with Crippen molar-refractivity contribution in [1.82, 2.24) is 15.2 Å². The van der Waals surface area contributed by atoms with E-state index >= 15 is 0 Å². The summed E-state index contributed by atoms with van der Waals surface area (Å²) in [7, 11) is 1.33. The van der Waals surface area contributed by atoms with Gasteiger partial charge in [-0.1, -0.05) is 17.8 Å². The van der Waals surface area contributed by atoms with E-state index in [-0.39, 0.29) is 11.7 Å². The lowest BCUT2D eigenvalue weighted by molar-refractivity contribution is -0.137. The average Bonchev–Trinajstić information content (AvgIpc) is 2.86. The van der Waals surface area contributed by atoms with Crippen LogP contribution in [0.25, 0.3) is 11.6 Å². The first-order chi connectivity index (χ1) is 8.29. The number of pyridine rings is 1. The van der Waals surface area contributed by atoms with Crippen LogP contribution in [0.3, 0.4) is 0 Å². The third-order valence-electron chi connectivity index (χ3n) is 1.83. The summed E-state index contributed by atoms with van der Waals surface area (Å²) in [5.74, 6) is 0.130. The fourth-order valence-corrected chi connectivity index (χ4v) is 1.64. The number of hydrogen-bond donors (Lipinski definition) is 0. The van der Waals surface area contributed by atoms with Gasteiger partial charge in [-0.2, -0.15) is 0 Å². The number of hydrogen-bond acceptors (Lipinski definition) is 7. The molecule has 0 unspecified atom stereocenters. The summed E-state index contributed by atoms with van der Waals surface area (Å²) in [4.78, 5) is 15.0. The Balaban J connectivity index is 2.04. The van der Waals surface area contributed by atoms with Crippen molar-refractivity contribution in [3.63, 3.8) is 0 Å². The maximum Gasteiger partial charge on any atom is 0.316 e. The molecule has 7 heteroatoms. The van der Waals surface area contributed by atoms with Gasteiger partial charge in [-0.15, -0.1) is 10.2 Å². The first kappa shape index (κ1) is 11.6. The van der Waals surface area contributed by atoms with Crippen molar-refractivity contribution < 1.29 is 13.9 Å². The summed E-state index contributed by atoms with van der Waals surface area (Å²) in [6, 6.07) is 5.39. The van der Waals surface area contributed by atoms with Crippen molar-refractivity contribution in [2.24, 2.45) is 0 Å². The predicted molar refractivity (Wildman–Crippen MR) is 60.3 cm³/mol. The first-order valence-electron chi connectivity index (χ1n) is 4.74. The molecule has 0 N–H and O–H groups in total. The van der Waals surface area contributed by atoms with E-state index in [1.807, 2.05) is 6.07 Å². The van der Waals surface area contributed by atoms with Crippen LogP contribution in [0.4, 0.5) is 0 Å². The number of rotatable bonds is 4. The molecule has 2 aromatic rings. The number of nitrogens with zero attached hydrogens (tertiary/aromatic N) is 3. The molecule has 0 spiro atoms. The van der Waals surface area contributed by atoms with Crippen molar-refractivity contribution >= 4 is 17.7 Å². The highest BCUT2D eigenvalue weighted by atomic mass is 32.2. The van der Waals surface area contributed by atoms with Crippen molar-refractivity contribution in [3.05, 3.63) is 24.4 Å². The molecule has 6 nitrogen and oxygen atoms in total. The molecule has 0 amide bonds. The van der Waals surface area contributed by atoms with E-state index in [1.54, 1.807) is 18.3 Å². The monoisotopic (exact) mass is 251 g/mol. The van der Waals surface area contributed by atoms with Crippen molar-refractivity contribution in [2.45, 2.75) is 5.22 Å². The zero-order valence-corrected chi connectivity index (χ0v) is 9.81. The standard InChI is InChI=1S/C10H9N3O3S/c1-15-8(14)6-17-10-13-12-9(16-10)7-4-2-3-5-11-7/h2-5H,6H2,1H3. The number of aromatic nitrogens is 3. The molecule has 2 aromatic heterocycles. The van der Waals surface area contributed by atoms with E-state index in [4.69, 9.17) is 4.42 Å². The summed E-state index contributed by atoms with van der Waals surface area (Å²) in [5, 5.41) is 7.95. The molecule has 0 atom stereocenters. The van der Waals surface area contributed by atoms with E-state index in [0.717, 1.165) is 11.8 Å². The molecule has 0 saturated heterocycles. The van der Waals surface area contributed by atoms with Crippen LogP contribution in [0.1, 0.15) is 0 Å². The predicted octanol–water partition coefficient (Wildman–Crippen LogP) is 1.40. The Morgan fingerprint density at radius 1 is 1.47 bits per heavy atom. The van der Waals surface area contributed by atoms with Crippen LogP contribution < -0.4 is 0 Å². The quantitative estimate of drug-likeness (QED) is 0.600. The maximum absolute atomic E-state index is 10.9. The molecular formula is C10H9N3O3S. The second-order valence-electron chi connectivity index (χ2n) is 2.95. The number of carbonyl (C=O) groups is 1. The molecule has 0 radical (unpaired) electrons. The van der Waals surface area contributed by atoms with Crippen molar-refractivity contribution in [2.75, 3.05) is 12.9 Å². The highest BCUT2D eigenvalue weighted by molar-refractivity contribution is 7.99. The van der Waals surface area contributed by atoms with Crippen LogP contribution in [0.2, 0.25) is 0 Å². The SMILES string of the molecule is COC(=O)CSc1nnc(-c2ccccn2)o1. The molecule has 2 rings (SSSR count). The zero-order valence-electron chi connectivity index (χ0n) is 8.99. The van der Waals surface area contributed by atoms with Crippen LogP contribution in [-0.2, 0) is 9.53 Å². The summed E-state index contributed by atoms with van der Waals surface area (Å²) in [6.45, 7) is 0. The molecule has 0 bridgehead atoms. The fraction of sp³-hybridized carbons (Fsp3) is 0.200. The van der Waals surface area contributed by atoms with Gasteiger partial charge in [-0.05, 0) is 12.1 Å². The Morgan fingerprint density at radius 2 is 2.35 bits per heavy atom. The Hall–Kier alpha value is -1.89. The van der Waals surface area contributed by atoms with Gasteiger partial charge in [0.15, 0.2) is 0 Å². The largest absolute Gasteiger partial charge is 0.468 e. The maximum atomic E-state index is 10.9. The van der Waals surface area contributed by atoms with E-state index in [9.17, 15) is 4.79 Å². The fourth-order valence-electron chi connectivity index (χ4n) is 1.04. The topological polar surface area (TPSA) is 78.1 Å². The third kappa shape index (κ3) is 3.04. The Labute approximate surface area is 101 Å². The number of thioether (sulfide) groups is 1. The van der Waals surface area contributed by atoms with Gasteiger partial charge in [0.05, 0.1) is 7.11 Å². The molecule has 0 saturated carbocycles. The second kappa shape index (κ2) is 5.44. The van der Waals surface area contributed by atoms with Crippen LogP contribution in [0, 0.1) is 0 Å². The van der Waals surface area contributed by atoms with Gasteiger partial charge < -0.3 is 9.15 Å². The van der Waals surface area contributed by atoms with Crippen LogP contribution in [-0.4, -0.2) is 34.0 Å². The van der Waals surface area contributed by atoms with E-state index < -0.39 is 0 Å². The van der Waals surface area contributed by atoms with Gasteiger partial charge in [-0.3, -0.25) is 9.78 Å². The second-order valence-corrected chi connectivity index (χ2v) is 3.88. The molecule has 0 aliphatic carbocycles. The Morgan fingerprint density at radius 3 is 3.06 bits per heavy atom. The molecule has 88 valence electrons. The van der Waals surface area contributed by atoms with Gasteiger partial charge in [0.1, 0.15) is 11.4 Å². The number of ether oxygens (including phenoxy) is 1. The molecule has 0 aliphatic rings. The van der Waals surface area contributed by atoms with E-state index in [0.29, 0.717) is 16.8 Å². The summed E-state index contributed by atoms with van der Waals surface area (Å²) >= 11 is 1.13. The summed E-state index contributed by atoms with van der Waals surface area (Å²) in [6.07, 6.45) is 1.64. The molecule has 0 aliphatic heterocycles. The lowest BCUT2D eigenvalue weighted by atomic mass is 10.3. The minimum atomic E-state index is -0.340.